The molecule has 0 unspecified atom stereocenters. The summed E-state index contributed by atoms with van der Waals surface area (Å²) in [7, 11) is 0. The molecule has 124 valence electrons. The third-order valence-electron chi connectivity index (χ3n) is 4.38. The van der Waals surface area contributed by atoms with Gasteiger partial charge in [-0.15, -0.1) is 23.1 Å². The van der Waals surface area contributed by atoms with E-state index in [-0.39, 0.29) is 23.1 Å². The van der Waals surface area contributed by atoms with Gasteiger partial charge in [0.05, 0.1) is 10.5 Å². The van der Waals surface area contributed by atoms with Crippen molar-refractivity contribution >= 4 is 40.5 Å². The first kappa shape index (κ1) is 16.8. The molecule has 1 aromatic rings. The molecule has 1 saturated carbocycles. The summed E-state index contributed by atoms with van der Waals surface area (Å²) in [5.41, 5.74) is 0.632. The van der Waals surface area contributed by atoms with E-state index in [1.807, 2.05) is 17.5 Å². The standard InChI is InChI=1S/C18H23NO2S2/c1-12(2)23-16-15(14-10-7-11-22-14)17(20)19(18(16)21)13-8-5-3-4-6-9-13/h7,10-13H,3-6,8-9H2,1-2H3. The van der Waals surface area contributed by atoms with Crippen LogP contribution in [0.25, 0.3) is 5.57 Å². The Labute approximate surface area is 146 Å². The number of imide groups is 1. The molecule has 1 fully saturated rings. The largest absolute Gasteiger partial charge is 0.271 e. The Kier molecular flexibility index (Phi) is 5.27. The number of thiophene rings is 1. The van der Waals surface area contributed by atoms with E-state index in [1.54, 1.807) is 4.90 Å². The Morgan fingerprint density at radius 1 is 1.13 bits per heavy atom. The third-order valence-corrected chi connectivity index (χ3v) is 6.36. The van der Waals surface area contributed by atoms with Crippen LogP contribution in [-0.4, -0.2) is 28.0 Å². The molecule has 3 rings (SSSR count). The summed E-state index contributed by atoms with van der Waals surface area (Å²) in [4.78, 5) is 29.2. The van der Waals surface area contributed by atoms with E-state index in [0.717, 1.165) is 30.6 Å². The molecular formula is C18H23NO2S2. The SMILES string of the molecule is CC(C)SC1=C(c2cccs2)C(=O)N(C2CCCCCC2)C1=O. The highest BCUT2D eigenvalue weighted by Crippen LogP contribution is 2.41. The molecule has 0 aromatic carbocycles. The van der Waals surface area contributed by atoms with Crippen molar-refractivity contribution in [2.45, 2.75) is 63.7 Å². The number of hydrogen-bond acceptors (Lipinski definition) is 4. The average Bonchev–Trinajstić information content (AvgIpc) is 2.99. The van der Waals surface area contributed by atoms with E-state index in [1.165, 1.54) is 35.9 Å². The first-order valence-corrected chi connectivity index (χ1v) is 10.2. The first-order valence-electron chi connectivity index (χ1n) is 8.42. The Hall–Kier alpha value is -1.07. The van der Waals surface area contributed by atoms with Gasteiger partial charge >= 0.3 is 0 Å². The molecule has 0 radical (unpaired) electrons. The Morgan fingerprint density at radius 3 is 2.39 bits per heavy atom. The van der Waals surface area contributed by atoms with Gasteiger partial charge in [0.15, 0.2) is 0 Å². The molecule has 0 bridgehead atoms. The minimum Gasteiger partial charge on any atom is -0.271 e. The van der Waals surface area contributed by atoms with Crippen LogP contribution in [0.4, 0.5) is 0 Å². The molecule has 3 nitrogen and oxygen atoms in total. The summed E-state index contributed by atoms with van der Waals surface area (Å²) in [5.74, 6) is -0.142. The lowest BCUT2D eigenvalue weighted by Gasteiger charge is -2.25. The van der Waals surface area contributed by atoms with Crippen LogP contribution < -0.4 is 0 Å². The number of amides is 2. The van der Waals surface area contributed by atoms with Crippen LogP contribution in [0.3, 0.4) is 0 Å². The minimum atomic E-state index is -0.0764. The van der Waals surface area contributed by atoms with Crippen LogP contribution in [-0.2, 0) is 9.59 Å². The fourth-order valence-corrected chi connectivity index (χ4v) is 5.18. The predicted molar refractivity (Wildman–Crippen MR) is 97.3 cm³/mol. The van der Waals surface area contributed by atoms with Gasteiger partial charge in [0, 0.05) is 16.2 Å². The molecule has 1 aliphatic heterocycles. The van der Waals surface area contributed by atoms with Crippen molar-refractivity contribution in [1.82, 2.24) is 4.90 Å². The van der Waals surface area contributed by atoms with Crippen LogP contribution in [0, 0.1) is 0 Å². The highest BCUT2D eigenvalue weighted by molar-refractivity contribution is 8.04. The maximum absolute atomic E-state index is 13.1. The molecule has 2 amide bonds. The number of thioether (sulfide) groups is 1. The summed E-state index contributed by atoms with van der Waals surface area (Å²) in [6.45, 7) is 4.13. The van der Waals surface area contributed by atoms with Crippen molar-refractivity contribution in [3.05, 3.63) is 27.3 Å². The lowest BCUT2D eigenvalue weighted by molar-refractivity contribution is -0.139. The third kappa shape index (κ3) is 3.41. The summed E-state index contributed by atoms with van der Waals surface area (Å²) < 4.78 is 0. The van der Waals surface area contributed by atoms with Crippen LogP contribution in [0.15, 0.2) is 22.4 Å². The monoisotopic (exact) mass is 349 g/mol. The van der Waals surface area contributed by atoms with E-state index >= 15 is 0 Å². The smallest absolute Gasteiger partial charge is 0.268 e. The van der Waals surface area contributed by atoms with E-state index in [2.05, 4.69) is 13.8 Å². The predicted octanol–water partition coefficient (Wildman–Crippen LogP) is 4.69. The molecule has 0 saturated heterocycles. The van der Waals surface area contributed by atoms with E-state index in [4.69, 9.17) is 0 Å². The Balaban J connectivity index is 1.95. The fourth-order valence-electron chi connectivity index (χ4n) is 3.36. The molecular weight excluding hydrogens is 326 g/mol. The Bertz CT molecular complexity index is 611. The average molecular weight is 350 g/mol. The Morgan fingerprint density at radius 2 is 1.83 bits per heavy atom. The molecule has 23 heavy (non-hydrogen) atoms. The van der Waals surface area contributed by atoms with Gasteiger partial charge < -0.3 is 0 Å². The highest BCUT2D eigenvalue weighted by Gasteiger charge is 2.43. The highest BCUT2D eigenvalue weighted by atomic mass is 32.2. The van der Waals surface area contributed by atoms with E-state index in [9.17, 15) is 9.59 Å². The number of carbonyl (C=O) groups is 2. The molecule has 0 N–H and O–H groups in total. The van der Waals surface area contributed by atoms with Crippen LogP contribution >= 0.6 is 23.1 Å². The maximum atomic E-state index is 13.1. The summed E-state index contributed by atoms with van der Waals surface area (Å²) in [5, 5.41) is 2.25. The zero-order chi connectivity index (χ0) is 16.4. The second-order valence-corrected chi connectivity index (χ2v) is 9.01. The van der Waals surface area contributed by atoms with Gasteiger partial charge in [0.1, 0.15) is 0 Å². The number of rotatable bonds is 4. The van der Waals surface area contributed by atoms with Crippen molar-refractivity contribution in [3.63, 3.8) is 0 Å². The molecule has 1 aromatic heterocycles. The van der Waals surface area contributed by atoms with Crippen molar-refractivity contribution < 1.29 is 9.59 Å². The van der Waals surface area contributed by atoms with Gasteiger partial charge in [0.2, 0.25) is 0 Å². The summed E-state index contributed by atoms with van der Waals surface area (Å²) in [6, 6.07) is 3.97. The van der Waals surface area contributed by atoms with Gasteiger partial charge in [-0.05, 0) is 24.3 Å². The zero-order valence-electron chi connectivity index (χ0n) is 13.7. The van der Waals surface area contributed by atoms with Gasteiger partial charge in [-0.25, -0.2) is 0 Å². The number of nitrogens with zero attached hydrogens (tertiary/aromatic N) is 1. The van der Waals surface area contributed by atoms with E-state index < -0.39 is 0 Å². The minimum absolute atomic E-state index is 0.0657. The molecule has 1 aliphatic carbocycles. The number of hydrogen-bond donors (Lipinski definition) is 0. The number of carbonyl (C=O) groups excluding carboxylic acids is 2. The molecule has 2 aliphatic rings. The molecule has 5 heteroatoms. The second kappa shape index (κ2) is 7.22. The first-order chi connectivity index (χ1) is 11.1. The molecule has 0 spiro atoms. The maximum Gasteiger partial charge on any atom is 0.268 e. The molecule has 2 heterocycles. The summed E-state index contributed by atoms with van der Waals surface area (Å²) >= 11 is 3.07. The summed E-state index contributed by atoms with van der Waals surface area (Å²) in [6.07, 6.45) is 6.56. The van der Waals surface area contributed by atoms with Crippen LogP contribution in [0.2, 0.25) is 0 Å². The van der Waals surface area contributed by atoms with Crippen molar-refractivity contribution in [2.75, 3.05) is 0 Å². The van der Waals surface area contributed by atoms with Gasteiger partial charge in [-0.2, -0.15) is 0 Å². The second-order valence-electron chi connectivity index (χ2n) is 6.47. The lowest BCUT2D eigenvalue weighted by Crippen LogP contribution is -2.40. The zero-order valence-corrected chi connectivity index (χ0v) is 15.3. The normalized spacial score (nSPS) is 20.7. The topological polar surface area (TPSA) is 37.4 Å². The fraction of sp³-hybridized carbons (Fsp3) is 0.556. The van der Waals surface area contributed by atoms with Crippen molar-refractivity contribution in [1.29, 1.82) is 0 Å². The quantitative estimate of drug-likeness (QED) is 0.584. The van der Waals surface area contributed by atoms with Crippen molar-refractivity contribution in [3.8, 4) is 0 Å². The van der Waals surface area contributed by atoms with Crippen LogP contribution in [0.1, 0.15) is 57.2 Å². The lowest BCUT2D eigenvalue weighted by atomic mass is 10.1. The van der Waals surface area contributed by atoms with Crippen molar-refractivity contribution in [2.24, 2.45) is 0 Å². The van der Waals surface area contributed by atoms with Gasteiger partial charge in [-0.3, -0.25) is 14.5 Å². The van der Waals surface area contributed by atoms with Gasteiger partial charge in [-0.1, -0.05) is 45.6 Å². The van der Waals surface area contributed by atoms with Gasteiger partial charge in [0.25, 0.3) is 11.8 Å². The van der Waals surface area contributed by atoms with E-state index in [0.29, 0.717) is 10.5 Å². The molecule has 0 atom stereocenters. The van der Waals surface area contributed by atoms with Crippen LogP contribution in [0.5, 0.6) is 0 Å².